The number of carbonyl (C=O) groups is 1. The summed E-state index contributed by atoms with van der Waals surface area (Å²) >= 11 is 6.03. The Morgan fingerprint density at radius 2 is 1.94 bits per heavy atom. The van der Waals surface area contributed by atoms with Crippen LogP contribution in [0.3, 0.4) is 0 Å². The fraction of sp³-hybridized carbons (Fsp3) is 0.0870. The quantitative estimate of drug-likeness (QED) is 0.499. The molecule has 2 aromatic carbocycles. The van der Waals surface area contributed by atoms with E-state index in [0.29, 0.717) is 33.1 Å². The number of hydrogen-bond acceptors (Lipinski definition) is 4. The Morgan fingerprint density at radius 3 is 2.68 bits per heavy atom. The molecule has 4 rings (SSSR count). The minimum absolute atomic E-state index is 0.0651. The zero-order valence-electron chi connectivity index (χ0n) is 16.4. The summed E-state index contributed by atoms with van der Waals surface area (Å²) in [5, 5.41) is 3.72. The second kappa shape index (κ2) is 8.57. The van der Waals surface area contributed by atoms with Crippen molar-refractivity contribution in [2.24, 2.45) is 0 Å². The van der Waals surface area contributed by atoms with Gasteiger partial charge < -0.3 is 10.1 Å². The number of fused-ring (bicyclic) bond motifs is 1. The largest absolute Gasteiger partial charge is 0.495 e. The van der Waals surface area contributed by atoms with E-state index in [-0.39, 0.29) is 17.9 Å². The van der Waals surface area contributed by atoms with Crippen LogP contribution in [0.1, 0.15) is 15.9 Å². The van der Waals surface area contributed by atoms with E-state index in [1.165, 1.54) is 35.9 Å². The van der Waals surface area contributed by atoms with E-state index in [0.717, 1.165) is 0 Å². The summed E-state index contributed by atoms with van der Waals surface area (Å²) in [4.78, 5) is 30.6. The zero-order chi connectivity index (χ0) is 22.0. The Labute approximate surface area is 181 Å². The number of ether oxygens (including phenoxy) is 1. The molecule has 0 fully saturated rings. The van der Waals surface area contributed by atoms with E-state index in [9.17, 15) is 14.0 Å². The Hall–Kier alpha value is -3.71. The Balaban J connectivity index is 1.79. The third-order valence-electron chi connectivity index (χ3n) is 4.76. The molecule has 0 bridgehead atoms. The van der Waals surface area contributed by atoms with Gasteiger partial charge in [0.15, 0.2) is 0 Å². The van der Waals surface area contributed by atoms with Crippen molar-refractivity contribution in [2.45, 2.75) is 6.54 Å². The lowest BCUT2D eigenvalue weighted by Crippen LogP contribution is -2.30. The fourth-order valence-electron chi connectivity index (χ4n) is 3.26. The number of halogens is 2. The molecule has 0 saturated heterocycles. The highest BCUT2D eigenvalue weighted by Gasteiger charge is 2.18. The number of rotatable bonds is 5. The van der Waals surface area contributed by atoms with Crippen molar-refractivity contribution < 1.29 is 13.9 Å². The van der Waals surface area contributed by atoms with Gasteiger partial charge >= 0.3 is 0 Å². The van der Waals surface area contributed by atoms with Crippen molar-refractivity contribution >= 4 is 34.2 Å². The standard InChI is InChI=1S/C23H17ClFN3O3/c1-31-20-9-6-16(24)12-19(20)27-22(29)18-11-15-3-2-10-26-21(15)28(23(18)30)13-14-4-7-17(25)8-5-14/h2-12H,13H2,1H3,(H,27,29). The maximum Gasteiger partial charge on any atom is 0.265 e. The van der Waals surface area contributed by atoms with E-state index in [1.807, 2.05) is 0 Å². The monoisotopic (exact) mass is 437 g/mol. The molecule has 31 heavy (non-hydrogen) atoms. The summed E-state index contributed by atoms with van der Waals surface area (Å²) in [7, 11) is 1.47. The van der Waals surface area contributed by atoms with Crippen LogP contribution in [-0.2, 0) is 6.54 Å². The van der Waals surface area contributed by atoms with Gasteiger partial charge in [-0.15, -0.1) is 0 Å². The average molecular weight is 438 g/mol. The van der Waals surface area contributed by atoms with Crippen molar-refractivity contribution in [1.29, 1.82) is 0 Å². The maximum atomic E-state index is 13.3. The first kappa shape index (κ1) is 20.6. The van der Waals surface area contributed by atoms with Gasteiger partial charge in [0.1, 0.15) is 22.8 Å². The number of amides is 1. The normalized spacial score (nSPS) is 10.8. The van der Waals surface area contributed by atoms with Gasteiger partial charge in [-0.1, -0.05) is 23.7 Å². The highest BCUT2D eigenvalue weighted by molar-refractivity contribution is 6.31. The van der Waals surface area contributed by atoms with Crippen molar-refractivity contribution in [2.75, 3.05) is 12.4 Å². The molecule has 0 aliphatic carbocycles. The summed E-state index contributed by atoms with van der Waals surface area (Å²) in [6.45, 7) is 0.133. The van der Waals surface area contributed by atoms with E-state index in [4.69, 9.17) is 16.3 Å². The zero-order valence-corrected chi connectivity index (χ0v) is 17.2. The Kier molecular flexibility index (Phi) is 5.68. The van der Waals surface area contributed by atoms with Crippen molar-refractivity contribution in [3.63, 3.8) is 0 Å². The van der Waals surface area contributed by atoms with Gasteiger partial charge in [-0.25, -0.2) is 9.37 Å². The minimum Gasteiger partial charge on any atom is -0.495 e. The van der Waals surface area contributed by atoms with Crippen LogP contribution in [0.15, 0.2) is 71.7 Å². The maximum absolute atomic E-state index is 13.3. The van der Waals surface area contributed by atoms with Crippen LogP contribution in [0.5, 0.6) is 5.75 Å². The lowest BCUT2D eigenvalue weighted by molar-refractivity contribution is 0.102. The number of hydrogen-bond donors (Lipinski definition) is 1. The van der Waals surface area contributed by atoms with Gasteiger partial charge in [-0.3, -0.25) is 14.2 Å². The third-order valence-corrected chi connectivity index (χ3v) is 4.99. The first-order valence-electron chi connectivity index (χ1n) is 9.34. The average Bonchev–Trinajstić information content (AvgIpc) is 2.77. The molecule has 0 aliphatic rings. The van der Waals surface area contributed by atoms with Crippen LogP contribution in [0.25, 0.3) is 11.0 Å². The molecule has 2 heterocycles. The van der Waals surface area contributed by atoms with Crippen molar-refractivity contribution in [3.8, 4) is 5.75 Å². The number of benzene rings is 2. The number of carbonyl (C=O) groups excluding carboxylic acids is 1. The highest BCUT2D eigenvalue weighted by Crippen LogP contribution is 2.28. The van der Waals surface area contributed by atoms with Crippen LogP contribution < -0.4 is 15.6 Å². The summed E-state index contributed by atoms with van der Waals surface area (Å²) in [5.41, 5.74) is 0.882. The van der Waals surface area contributed by atoms with E-state index < -0.39 is 11.5 Å². The molecule has 2 aromatic heterocycles. The SMILES string of the molecule is COc1ccc(Cl)cc1NC(=O)c1cc2cccnc2n(Cc2ccc(F)cc2)c1=O. The van der Waals surface area contributed by atoms with Crippen LogP contribution >= 0.6 is 11.6 Å². The molecule has 0 aliphatic heterocycles. The first-order chi connectivity index (χ1) is 15.0. The molecule has 0 radical (unpaired) electrons. The molecule has 0 spiro atoms. The lowest BCUT2D eigenvalue weighted by Gasteiger charge is -2.14. The number of pyridine rings is 2. The molecule has 8 heteroatoms. The van der Waals surface area contributed by atoms with Crippen LogP contribution in [0, 0.1) is 5.82 Å². The first-order valence-corrected chi connectivity index (χ1v) is 9.72. The predicted octanol–water partition coefficient (Wildman–Crippen LogP) is 4.50. The van der Waals surface area contributed by atoms with Gasteiger partial charge in [0.2, 0.25) is 0 Å². The summed E-state index contributed by atoms with van der Waals surface area (Å²) in [6, 6.07) is 15.6. The van der Waals surface area contributed by atoms with Gasteiger partial charge in [-0.05, 0) is 54.1 Å². The van der Waals surface area contributed by atoms with E-state index >= 15 is 0 Å². The minimum atomic E-state index is -0.607. The summed E-state index contributed by atoms with van der Waals surface area (Å²) < 4.78 is 19.9. The summed E-state index contributed by atoms with van der Waals surface area (Å²) in [5.74, 6) is -0.571. The number of aromatic nitrogens is 2. The number of anilines is 1. The Morgan fingerprint density at radius 1 is 1.16 bits per heavy atom. The number of methoxy groups -OCH3 is 1. The van der Waals surface area contributed by atoms with E-state index in [1.54, 1.807) is 42.6 Å². The topological polar surface area (TPSA) is 73.2 Å². The molecule has 6 nitrogen and oxygen atoms in total. The molecule has 0 saturated carbocycles. The van der Waals surface area contributed by atoms with Crippen molar-refractivity contribution in [3.05, 3.63) is 99.2 Å². The van der Waals surface area contributed by atoms with Gasteiger partial charge in [0.25, 0.3) is 11.5 Å². The second-order valence-electron chi connectivity index (χ2n) is 6.79. The molecule has 1 N–H and O–H groups in total. The van der Waals surface area contributed by atoms with Crippen molar-refractivity contribution in [1.82, 2.24) is 9.55 Å². The third kappa shape index (κ3) is 4.27. The molecule has 1 amide bonds. The molecule has 156 valence electrons. The second-order valence-corrected chi connectivity index (χ2v) is 7.23. The molecular formula is C23H17ClFN3O3. The number of nitrogens with one attached hydrogen (secondary N) is 1. The predicted molar refractivity (Wildman–Crippen MR) is 117 cm³/mol. The molecule has 0 unspecified atom stereocenters. The van der Waals surface area contributed by atoms with Crippen LogP contribution in [0.4, 0.5) is 10.1 Å². The van der Waals surface area contributed by atoms with E-state index in [2.05, 4.69) is 10.3 Å². The molecule has 0 atom stereocenters. The number of nitrogens with zero attached hydrogens (tertiary/aromatic N) is 2. The van der Waals surface area contributed by atoms with Gasteiger partial charge in [0.05, 0.1) is 19.3 Å². The van der Waals surface area contributed by atoms with Gasteiger partial charge in [0, 0.05) is 16.6 Å². The fourth-order valence-corrected chi connectivity index (χ4v) is 3.43. The smallest absolute Gasteiger partial charge is 0.265 e. The Bertz CT molecular complexity index is 1340. The van der Waals surface area contributed by atoms with Crippen LogP contribution in [-0.4, -0.2) is 22.6 Å². The molecule has 4 aromatic rings. The highest BCUT2D eigenvalue weighted by atomic mass is 35.5. The summed E-state index contributed by atoms with van der Waals surface area (Å²) in [6.07, 6.45) is 1.57. The lowest BCUT2D eigenvalue weighted by atomic mass is 10.1. The van der Waals surface area contributed by atoms with Crippen LogP contribution in [0.2, 0.25) is 5.02 Å². The molecular weight excluding hydrogens is 421 g/mol. The van der Waals surface area contributed by atoms with Gasteiger partial charge in [-0.2, -0.15) is 0 Å².